The van der Waals surface area contributed by atoms with Crippen molar-refractivity contribution in [2.45, 2.75) is 187 Å². The summed E-state index contributed by atoms with van der Waals surface area (Å²) >= 11 is 1.14. The smallest absolute Gasteiger partial charge is 0.293 e. The van der Waals surface area contributed by atoms with E-state index in [1.807, 2.05) is 7.11 Å². The number of ether oxygens (including phenoxy) is 1. The van der Waals surface area contributed by atoms with E-state index in [0.717, 1.165) is 71.9 Å². The van der Waals surface area contributed by atoms with Crippen LogP contribution in [0.4, 0.5) is 0 Å². The van der Waals surface area contributed by atoms with Gasteiger partial charge in [0.25, 0.3) is 12.3 Å². The molecule has 58 heavy (non-hydrogen) atoms. The number of rotatable bonds is 7. The lowest BCUT2D eigenvalue weighted by Crippen LogP contribution is -2.18. The Balaban J connectivity index is 1.29. The topological polar surface area (TPSA) is 27.7 Å². The van der Waals surface area contributed by atoms with E-state index in [1.54, 1.807) is 0 Å². The summed E-state index contributed by atoms with van der Waals surface area (Å²) in [7, 11) is 1.84. The van der Waals surface area contributed by atoms with Gasteiger partial charge in [0, 0.05) is 33.4 Å². The monoisotopic (exact) mass is 799 g/mol. The number of hydrogen-bond donors (Lipinski definition) is 0. The highest BCUT2D eigenvalue weighted by Crippen LogP contribution is 2.61. The molecule has 0 radical (unpaired) electrons. The van der Waals surface area contributed by atoms with E-state index in [4.69, 9.17) is 13.1 Å². The molecule has 0 heterocycles. The summed E-state index contributed by atoms with van der Waals surface area (Å²) < 4.78 is 20.8. The summed E-state index contributed by atoms with van der Waals surface area (Å²) in [4.78, 5) is 0. The van der Waals surface area contributed by atoms with E-state index in [0.29, 0.717) is 0 Å². The molecule has 0 unspecified atom stereocenters. The maximum Gasteiger partial charge on any atom is 0.293 e. The zero-order valence-corrected chi connectivity index (χ0v) is 39.9. The number of benzene rings is 4. The largest absolute Gasteiger partial charge is 0.496 e. The minimum absolute atomic E-state index is 0.00546. The summed E-state index contributed by atoms with van der Waals surface area (Å²) in [5, 5.41) is 0. The molecule has 0 bridgehead atoms. The van der Waals surface area contributed by atoms with Crippen molar-refractivity contribution in [3.05, 3.63) is 98.6 Å². The first-order valence-electron chi connectivity index (χ1n) is 21.8. The van der Waals surface area contributed by atoms with Gasteiger partial charge in [-0.05, 0) is 115 Å². The van der Waals surface area contributed by atoms with Gasteiger partial charge < -0.3 is 13.1 Å². The lowest BCUT2D eigenvalue weighted by Gasteiger charge is -2.27. The molecule has 0 aliphatic heterocycles. The van der Waals surface area contributed by atoms with Gasteiger partial charge in [-0.25, -0.2) is 0 Å². The van der Waals surface area contributed by atoms with Gasteiger partial charge in [-0.1, -0.05) is 159 Å². The van der Waals surface area contributed by atoms with Crippen LogP contribution in [0.3, 0.4) is 0 Å². The van der Waals surface area contributed by atoms with Crippen LogP contribution in [-0.2, 0) is 43.3 Å². The van der Waals surface area contributed by atoms with E-state index in [1.165, 1.54) is 55.6 Å². The van der Waals surface area contributed by atoms with Crippen LogP contribution in [0, 0.1) is 6.92 Å². The van der Waals surface area contributed by atoms with Crippen LogP contribution in [0.2, 0.25) is 0 Å². The molecule has 0 N–H and O–H groups in total. The lowest BCUT2D eigenvalue weighted by atomic mass is 9.80. The molecule has 8 rings (SSSR count). The highest BCUT2D eigenvalue weighted by Gasteiger charge is 2.49. The van der Waals surface area contributed by atoms with Crippen molar-refractivity contribution < 1.29 is 13.1 Å². The number of hydrogen-bond acceptors (Lipinski definition) is 4. The quantitative estimate of drug-likeness (QED) is 0.174. The second kappa shape index (κ2) is 12.6. The second-order valence-corrected chi connectivity index (χ2v) is 24.4. The van der Waals surface area contributed by atoms with Gasteiger partial charge in [-0.2, -0.15) is 0 Å². The molecule has 310 valence electrons. The van der Waals surface area contributed by atoms with Gasteiger partial charge in [0.2, 0.25) is 0 Å². The Hall–Kier alpha value is -3.37. The first-order valence-corrected chi connectivity index (χ1v) is 22.5. The fourth-order valence-corrected chi connectivity index (χ4v) is 14.7. The standard InChI is InChI=1S/C54H70O3S/c1-31-32(19-23-36-40(31)51(10,11)27-47(36,2)3)33-20-24-38-42(53(14,15)29-49(38,6)7)45(33)56-58-57-46-35(22-26-39-43(46)54(16,17)30-50(39,8)9)34-21-25-37-41(44(34)55-18)52(12,13)28-48(37,4)5/h19-26H,27-30H2,1-18H3. The summed E-state index contributed by atoms with van der Waals surface area (Å²) in [6, 6.07) is 18.7. The number of methoxy groups -OCH3 is 1. The van der Waals surface area contributed by atoms with Crippen molar-refractivity contribution in [1.82, 2.24) is 0 Å². The zero-order chi connectivity index (χ0) is 42.6. The van der Waals surface area contributed by atoms with Crippen LogP contribution in [0.1, 0.15) is 187 Å². The van der Waals surface area contributed by atoms with Gasteiger partial charge in [0.1, 0.15) is 5.75 Å². The molecule has 0 saturated heterocycles. The molecule has 4 aromatic rings. The molecule has 0 spiro atoms. The Bertz CT molecular complexity index is 2380. The van der Waals surface area contributed by atoms with E-state index in [2.05, 4.69) is 166 Å². The van der Waals surface area contributed by atoms with Crippen molar-refractivity contribution in [2.24, 2.45) is 0 Å². The average Bonchev–Trinajstić information content (AvgIpc) is 3.58. The molecule has 0 aromatic heterocycles. The predicted molar refractivity (Wildman–Crippen MR) is 247 cm³/mol. The van der Waals surface area contributed by atoms with Crippen molar-refractivity contribution in [3.63, 3.8) is 0 Å². The number of fused-ring (bicyclic) bond motifs is 4. The molecule has 4 aromatic carbocycles. The predicted octanol–water partition coefficient (Wildman–Crippen LogP) is 15.2. The van der Waals surface area contributed by atoms with Gasteiger partial charge in [0.15, 0.2) is 11.5 Å². The third kappa shape index (κ3) is 6.02. The molecular formula is C54H70O3S. The molecular weight excluding hydrogens is 729 g/mol. The van der Waals surface area contributed by atoms with Crippen LogP contribution in [-0.4, -0.2) is 7.11 Å². The first kappa shape index (κ1) is 41.4. The molecule has 3 nitrogen and oxygen atoms in total. The molecule has 4 heteroatoms. The van der Waals surface area contributed by atoms with Gasteiger partial charge >= 0.3 is 0 Å². The molecule has 0 atom stereocenters. The van der Waals surface area contributed by atoms with E-state index in [9.17, 15) is 0 Å². The molecule has 4 aliphatic carbocycles. The van der Waals surface area contributed by atoms with E-state index in [-0.39, 0.29) is 43.3 Å². The van der Waals surface area contributed by atoms with Gasteiger partial charge in [0.05, 0.1) is 7.11 Å². The van der Waals surface area contributed by atoms with Crippen LogP contribution in [0.5, 0.6) is 17.2 Å². The van der Waals surface area contributed by atoms with Crippen molar-refractivity contribution in [2.75, 3.05) is 7.11 Å². The second-order valence-electron chi connectivity index (χ2n) is 24.0. The van der Waals surface area contributed by atoms with Crippen LogP contribution in [0.25, 0.3) is 22.3 Å². The fourth-order valence-electron chi connectivity index (χ4n) is 14.2. The van der Waals surface area contributed by atoms with Crippen LogP contribution in [0.15, 0.2) is 48.5 Å². The maximum absolute atomic E-state index is 7.16. The first-order chi connectivity index (χ1) is 26.6. The summed E-state index contributed by atoms with van der Waals surface area (Å²) in [6.07, 6.45) is 4.30. The van der Waals surface area contributed by atoms with E-state index < -0.39 is 0 Å². The summed E-state index contributed by atoms with van der Waals surface area (Å²) in [5.41, 5.74) is 17.0. The van der Waals surface area contributed by atoms with Crippen molar-refractivity contribution in [3.8, 4) is 39.5 Å². The SMILES string of the molecule is COc1c(-c2ccc3c(c2OSOc2c(-c4ccc5c(c4C)C(C)(C)CC5(C)C)ccc4c2C(C)(C)CC4(C)C)C(C)(C)CC3(C)C)ccc2c1C(C)(C)CC2(C)C. The fraction of sp³-hybridized carbons (Fsp3) is 0.556. The lowest BCUT2D eigenvalue weighted by molar-refractivity contribution is 0.378. The summed E-state index contributed by atoms with van der Waals surface area (Å²) in [6.45, 7) is 40.5. The minimum Gasteiger partial charge on any atom is -0.496 e. The maximum atomic E-state index is 7.16. The Morgan fingerprint density at radius 1 is 0.362 bits per heavy atom. The Labute approximate surface area is 355 Å². The Morgan fingerprint density at radius 2 is 0.638 bits per heavy atom. The van der Waals surface area contributed by atoms with Crippen LogP contribution >= 0.6 is 12.3 Å². The third-order valence-corrected chi connectivity index (χ3v) is 15.6. The highest BCUT2D eigenvalue weighted by molar-refractivity contribution is 7.90. The minimum atomic E-state index is -0.108. The van der Waals surface area contributed by atoms with Crippen molar-refractivity contribution in [1.29, 1.82) is 0 Å². The van der Waals surface area contributed by atoms with Gasteiger partial charge in [-0.15, -0.1) is 0 Å². The van der Waals surface area contributed by atoms with Crippen LogP contribution < -0.4 is 13.1 Å². The van der Waals surface area contributed by atoms with E-state index >= 15 is 0 Å². The van der Waals surface area contributed by atoms with Gasteiger partial charge in [-0.3, -0.25) is 0 Å². The Kier molecular flexibility index (Phi) is 8.98. The van der Waals surface area contributed by atoms with Crippen molar-refractivity contribution >= 4 is 12.3 Å². The average molecular weight is 799 g/mol. The summed E-state index contributed by atoms with van der Waals surface area (Å²) in [5.74, 6) is 2.78. The highest BCUT2D eigenvalue weighted by atomic mass is 32.2. The Morgan fingerprint density at radius 3 is 1.00 bits per heavy atom. The zero-order valence-electron chi connectivity index (χ0n) is 39.1. The molecule has 0 fully saturated rings. The molecule has 0 amide bonds. The third-order valence-electron chi connectivity index (χ3n) is 15.1. The normalized spacial score (nSPS) is 22.5. The molecule has 0 saturated carbocycles. The molecule has 4 aliphatic rings.